The van der Waals surface area contributed by atoms with Crippen molar-refractivity contribution < 1.29 is 13.5 Å². The molecule has 0 bridgehead atoms. The molecular weight excluding hydrogens is 200 g/mol. The first-order chi connectivity index (χ1) is 7.18. The van der Waals surface area contributed by atoms with Crippen LogP contribution in [0.25, 0.3) is 0 Å². The number of nitrogens with one attached hydrogen (secondary N) is 1. The van der Waals surface area contributed by atoms with E-state index in [-0.39, 0.29) is 12.1 Å². The SMILES string of the molecule is CC1OCCNC1c1ccc(F)cc1F. The van der Waals surface area contributed by atoms with Crippen molar-refractivity contribution in [2.45, 2.75) is 19.1 Å². The zero-order valence-corrected chi connectivity index (χ0v) is 8.47. The summed E-state index contributed by atoms with van der Waals surface area (Å²) >= 11 is 0. The van der Waals surface area contributed by atoms with Crippen LogP contribution >= 0.6 is 0 Å². The molecule has 2 unspecified atom stereocenters. The molecule has 1 aliphatic rings. The second-order valence-corrected chi connectivity index (χ2v) is 3.67. The van der Waals surface area contributed by atoms with E-state index in [4.69, 9.17) is 4.74 Å². The molecule has 1 aliphatic heterocycles. The predicted molar refractivity (Wildman–Crippen MR) is 52.5 cm³/mol. The second-order valence-electron chi connectivity index (χ2n) is 3.67. The van der Waals surface area contributed by atoms with E-state index < -0.39 is 11.6 Å². The fraction of sp³-hybridized carbons (Fsp3) is 0.455. The molecule has 1 aromatic carbocycles. The maximum atomic E-state index is 13.5. The summed E-state index contributed by atoms with van der Waals surface area (Å²) in [7, 11) is 0. The van der Waals surface area contributed by atoms with E-state index in [1.807, 2.05) is 6.92 Å². The molecule has 82 valence electrons. The first kappa shape index (κ1) is 10.5. The Balaban J connectivity index is 2.27. The lowest BCUT2D eigenvalue weighted by molar-refractivity contribution is 0.00658. The Hall–Kier alpha value is -1.00. The van der Waals surface area contributed by atoms with E-state index in [0.29, 0.717) is 18.7 Å². The van der Waals surface area contributed by atoms with E-state index in [0.717, 1.165) is 6.07 Å². The summed E-state index contributed by atoms with van der Waals surface area (Å²) in [5.74, 6) is -1.08. The smallest absolute Gasteiger partial charge is 0.130 e. The summed E-state index contributed by atoms with van der Waals surface area (Å²) in [4.78, 5) is 0. The molecule has 2 nitrogen and oxygen atoms in total. The fourth-order valence-corrected chi connectivity index (χ4v) is 1.84. The van der Waals surface area contributed by atoms with Gasteiger partial charge in [-0.1, -0.05) is 6.07 Å². The molecule has 0 spiro atoms. The van der Waals surface area contributed by atoms with Crippen molar-refractivity contribution in [1.82, 2.24) is 5.32 Å². The van der Waals surface area contributed by atoms with E-state index >= 15 is 0 Å². The van der Waals surface area contributed by atoms with Gasteiger partial charge >= 0.3 is 0 Å². The van der Waals surface area contributed by atoms with Crippen LogP contribution in [0.5, 0.6) is 0 Å². The highest BCUT2D eigenvalue weighted by Gasteiger charge is 2.25. The van der Waals surface area contributed by atoms with Gasteiger partial charge in [-0.25, -0.2) is 8.78 Å². The molecule has 1 aromatic rings. The number of rotatable bonds is 1. The molecule has 0 aromatic heterocycles. The second kappa shape index (κ2) is 4.24. The summed E-state index contributed by atoms with van der Waals surface area (Å²) < 4.78 is 31.6. The minimum atomic E-state index is -0.555. The van der Waals surface area contributed by atoms with E-state index in [1.54, 1.807) is 0 Å². The van der Waals surface area contributed by atoms with Gasteiger partial charge in [-0.05, 0) is 13.0 Å². The molecule has 1 N–H and O–H groups in total. The Morgan fingerprint density at radius 2 is 2.20 bits per heavy atom. The van der Waals surface area contributed by atoms with Crippen molar-refractivity contribution in [3.8, 4) is 0 Å². The number of hydrogen-bond acceptors (Lipinski definition) is 2. The van der Waals surface area contributed by atoms with Crippen molar-refractivity contribution in [1.29, 1.82) is 0 Å². The number of hydrogen-bond donors (Lipinski definition) is 1. The summed E-state index contributed by atoms with van der Waals surface area (Å²) in [6.07, 6.45) is -0.0984. The normalized spacial score (nSPS) is 26.6. The molecule has 0 saturated carbocycles. The Morgan fingerprint density at radius 1 is 1.40 bits per heavy atom. The Morgan fingerprint density at radius 3 is 2.87 bits per heavy atom. The van der Waals surface area contributed by atoms with Crippen LogP contribution in [0.4, 0.5) is 8.78 Å². The highest BCUT2D eigenvalue weighted by atomic mass is 19.1. The van der Waals surface area contributed by atoms with Crippen molar-refractivity contribution in [2.24, 2.45) is 0 Å². The lowest BCUT2D eigenvalue weighted by Crippen LogP contribution is -2.40. The Labute approximate surface area is 87.2 Å². The van der Waals surface area contributed by atoms with E-state index in [9.17, 15) is 8.78 Å². The zero-order chi connectivity index (χ0) is 10.8. The van der Waals surface area contributed by atoms with Crippen molar-refractivity contribution >= 4 is 0 Å². The average Bonchev–Trinajstić information content (AvgIpc) is 2.20. The Kier molecular flexibility index (Phi) is 2.98. The average molecular weight is 213 g/mol. The van der Waals surface area contributed by atoms with Crippen LogP contribution in [-0.4, -0.2) is 19.3 Å². The van der Waals surface area contributed by atoms with Gasteiger partial charge in [-0.15, -0.1) is 0 Å². The van der Waals surface area contributed by atoms with Gasteiger partial charge in [0.05, 0.1) is 18.8 Å². The molecule has 0 aliphatic carbocycles. The van der Waals surface area contributed by atoms with Gasteiger partial charge in [0, 0.05) is 18.2 Å². The molecule has 2 atom stereocenters. The predicted octanol–water partition coefficient (Wildman–Crippen LogP) is 2.01. The first-order valence-electron chi connectivity index (χ1n) is 4.98. The third-order valence-corrected chi connectivity index (χ3v) is 2.61. The lowest BCUT2D eigenvalue weighted by atomic mass is 10.0. The van der Waals surface area contributed by atoms with Crippen molar-refractivity contribution in [3.05, 3.63) is 35.4 Å². The largest absolute Gasteiger partial charge is 0.375 e. The molecule has 4 heteroatoms. The minimum Gasteiger partial charge on any atom is -0.375 e. The molecule has 2 rings (SSSR count). The monoisotopic (exact) mass is 213 g/mol. The zero-order valence-electron chi connectivity index (χ0n) is 8.47. The van der Waals surface area contributed by atoms with E-state index in [2.05, 4.69) is 5.32 Å². The molecule has 1 heterocycles. The molecular formula is C11H13F2NO. The third-order valence-electron chi connectivity index (χ3n) is 2.61. The van der Waals surface area contributed by atoms with Crippen LogP contribution in [0.2, 0.25) is 0 Å². The quantitative estimate of drug-likeness (QED) is 0.770. The fourth-order valence-electron chi connectivity index (χ4n) is 1.84. The topological polar surface area (TPSA) is 21.3 Å². The number of ether oxygens (including phenoxy) is 1. The maximum Gasteiger partial charge on any atom is 0.130 e. The van der Waals surface area contributed by atoms with Gasteiger partial charge in [0.1, 0.15) is 11.6 Å². The van der Waals surface area contributed by atoms with Crippen LogP contribution in [0.3, 0.4) is 0 Å². The van der Waals surface area contributed by atoms with Gasteiger partial charge in [-0.3, -0.25) is 0 Å². The molecule has 1 fully saturated rings. The van der Waals surface area contributed by atoms with Crippen molar-refractivity contribution in [2.75, 3.05) is 13.2 Å². The summed E-state index contributed by atoms with van der Waals surface area (Å²) in [6.45, 7) is 3.19. The maximum absolute atomic E-state index is 13.5. The van der Waals surface area contributed by atoms with Gasteiger partial charge in [0.25, 0.3) is 0 Å². The van der Waals surface area contributed by atoms with Crippen LogP contribution < -0.4 is 5.32 Å². The van der Waals surface area contributed by atoms with Crippen LogP contribution in [0.15, 0.2) is 18.2 Å². The summed E-state index contributed by atoms with van der Waals surface area (Å²) in [5.41, 5.74) is 0.462. The van der Waals surface area contributed by atoms with Crippen molar-refractivity contribution in [3.63, 3.8) is 0 Å². The minimum absolute atomic E-state index is 0.0984. The van der Waals surface area contributed by atoms with Crippen LogP contribution in [-0.2, 0) is 4.74 Å². The number of halogens is 2. The number of benzene rings is 1. The van der Waals surface area contributed by atoms with Gasteiger partial charge < -0.3 is 10.1 Å². The summed E-state index contributed by atoms with van der Waals surface area (Å²) in [5, 5.41) is 3.16. The molecule has 15 heavy (non-hydrogen) atoms. The highest BCUT2D eigenvalue weighted by Crippen LogP contribution is 2.24. The lowest BCUT2D eigenvalue weighted by Gasteiger charge is -2.30. The third kappa shape index (κ3) is 2.16. The molecule has 0 amide bonds. The molecule has 1 saturated heterocycles. The first-order valence-corrected chi connectivity index (χ1v) is 4.98. The van der Waals surface area contributed by atoms with Crippen LogP contribution in [0, 0.1) is 11.6 Å². The molecule has 0 radical (unpaired) electrons. The summed E-state index contributed by atoms with van der Waals surface area (Å²) in [6, 6.07) is 3.44. The van der Waals surface area contributed by atoms with Gasteiger partial charge in [0.2, 0.25) is 0 Å². The number of morpholine rings is 1. The standard InChI is InChI=1S/C11H13F2NO/c1-7-11(14-4-5-15-7)9-3-2-8(12)6-10(9)13/h2-3,6-7,11,14H,4-5H2,1H3. The van der Waals surface area contributed by atoms with Crippen LogP contribution in [0.1, 0.15) is 18.5 Å². The van der Waals surface area contributed by atoms with E-state index in [1.165, 1.54) is 12.1 Å². The van der Waals surface area contributed by atoms with Gasteiger partial charge in [0.15, 0.2) is 0 Å². The highest BCUT2D eigenvalue weighted by molar-refractivity contribution is 5.23. The van der Waals surface area contributed by atoms with Gasteiger partial charge in [-0.2, -0.15) is 0 Å². The Bertz CT molecular complexity index is 356.